The van der Waals surface area contributed by atoms with E-state index in [2.05, 4.69) is 21.2 Å². The zero-order chi connectivity index (χ0) is 9.84. The Hall–Kier alpha value is -1.03. The highest BCUT2D eigenvalue weighted by Crippen LogP contribution is 2.26. The first kappa shape index (κ1) is 10.1. The normalized spacial score (nSPS) is 19.6. The second-order valence-electron chi connectivity index (χ2n) is 2.47. The molecule has 4 heteroatoms. The SMILES string of the molecule is CN/C=C1\C(=N)C=CC(Br)=C1OC. The molecule has 1 aliphatic rings. The van der Waals surface area contributed by atoms with Crippen LogP contribution in [-0.2, 0) is 4.74 Å². The lowest BCUT2D eigenvalue weighted by molar-refractivity contribution is 0.302. The Morgan fingerprint density at radius 2 is 2.23 bits per heavy atom. The van der Waals surface area contributed by atoms with E-state index in [1.807, 2.05) is 0 Å². The van der Waals surface area contributed by atoms with E-state index in [0.717, 1.165) is 10.1 Å². The van der Waals surface area contributed by atoms with Gasteiger partial charge in [-0.1, -0.05) is 0 Å². The Morgan fingerprint density at radius 1 is 1.54 bits per heavy atom. The molecule has 0 fully saturated rings. The second kappa shape index (κ2) is 4.28. The first-order valence-corrected chi connectivity index (χ1v) is 4.58. The Morgan fingerprint density at radius 3 is 2.77 bits per heavy atom. The molecule has 0 heterocycles. The third-order valence-electron chi connectivity index (χ3n) is 1.64. The van der Waals surface area contributed by atoms with Crippen LogP contribution in [0.15, 0.2) is 34.2 Å². The summed E-state index contributed by atoms with van der Waals surface area (Å²) < 4.78 is 6.03. The van der Waals surface area contributed by atoms with Crippen LogP contribution in [0, 0.1) is 5.41 Å². The molecule has 0 saturated heterocycles. The van der Waals surface area contributed by atoms with Crippen molar-refractivity contribution in [1.82, 2.24) is 5.32 Å². The largest absolute Gasteiger partial charge is 0.495 e. The van der Waals surface area contributed by atoms with Gasteiger partial charge in [0.2, 0.25) is 0 Å². The smallest absolute Gasteiger partial charge is 0.143 e. The lowest BCUT2D eigenvalue weighted by atomic mass is 10.0. The quantitative estimate of drug-likeness (QED) is 0.778. The number of methoxy groups -OCH3 is 1. The van der Waals surface area contributed by atoms with Crippen molar-refractivity contribution in [2.45, 2.75) is 0 Å². The molecule has 0 atom stereocenters. The van der Waals surface area contributed by atoms with Gasteiger partial charge in [0.25, 0.3) is 0 Å². The van der Waals surface area contributed by atoms with Crippen molar-refractivity contribution in [2.24, 2.45) is 0 Å². The van der Waals surface area contributed by atoms with Crippen molar-refractivity contribution in [3.05, 3.63) is 34.2 Å². The van der Waals surface area contributed by atoms with E-state index in [4.69, 9.17) is 10.1 Å². The lowest BCUT2D eigenvalue weighted by Gasteiger charge is -2.15. The minimum Gasteiger partial charge on any atom is -0.495 e. The van der Waals surface area contributed by atoms with Crippen LogP contribution >= 0.6 is 15.9 Å². The Kier molecular flexibility index (Phi) is 3.31. The predicted octanol–water partition coefficient (Wildman–Crippen LogP) is 1.93. The van der Waals surface area contributed by atoms with E-state index in [9.17, 15) is 0 Å². The molecule has 0 aromatic rings. The van der Waals surface area contributed by atoms with Crippen molar-refractivity contribution in [3.8, 4) is 0 Å². The van der Waals surface area contributed by atoms with Gasteiger partial charge < -0.3 is 15.5 Å². The summed E-state index contributed by atoms with van der Waals surface area (Å²) in [5.41, 5.74) is 1.19. The molecule has 0 aromatic heterocycles. The molecule has 0 radical (unpaired) electrons. The van der Waals surface area contributed by atoms with Crippen molar-refractivity contribution in [2.75, 3.05) is 14.2 Å². The summed E-state index contributed by atoms with van der Waals surface area (Å²) in [6.45, 7) is 0. The van der Waals surface area contributed by atoms with Gasteiger partial charge in [-0.2, -0.15) is 0 Å². The van der Waals surface area contributed by atoms with E-state index in [1.54, 1.807) is 32.5 Å². The maximum atomic E-state index is 7.64. The molecule has 0 bridgehead atoms. The highest BCUT2D eigenvalue weighted by molar-refractivity contribution is 9.11. The molecule has 1 aliphatic carbocycles. The van der Waals surface area contributed by atoms with Crippen LogP contribution in [0.25, 0.3) is 0 Å². The molecule has 2 N–H and O–H groups in total. The lowest BCUT2D eigenvalue weighted by Crippen LogP contribution is -2.11. The fraction of sp³-hybridized carbons (Fsp3) is 0.222. The van der Waals surface area contributed by atoms with Crippen LogP contribution < -0.4 is 5.32 Å². The van der Waals surface area contributed by atoms with Crippen LogP contribution in [0.4, 0.5) is 0 Å². The summed E-state index contributed by atoms with van der Waals surface area (Å²) in [7, 11) is 3.38. The molecule has 3 nitrogen and oxygen atoms in total. The number of halogens is 1. The number of hydrogen-bond acceptors (Lipinski definition) is 3. The highest BCUT2D eigenvalue weighted by Gasteiger charge is 2.16. The molecule has 0 saturated carbocycles. The van der Waals surface area contributed by atoms with Gasteiger partial charge in [0.05, 0.1) is 22.9 Å². The van der Waals surface area contributed by atoms with Gasteiger partial charge in [0.1, 0.15) is 5.76 Å². The third-order valence-corrected chi connectivity index (χ3v) is 2.27. The summed E-state index contributed by atoms with van der Waals surface area (Å²) >= 11 is 3.36. The van der Waals surface area contributed by atoms with Crippen molar-refractivity contribution >= 4 is 21.6 Å². The fourth-order valence-corrected chi connectivity index (χ4v) is 1.58. The molecule has 0 aromatic carbocycles. The van der Waals surface area contributed by atoms with E-state index < -0.39 is 0 Å². The molecule has 1 rings (SSSR count). The zero-order valence-electron chi connectivity index (χ0n) is 7.52. The van der Waals surface area contributed by atoms with E-state index in [-0.39, 0.29) is 0 Å². The first-order chi connectivity index (χ1) is 6.20. The summed E-state index contributed by atoms with van der Waals surface area (Å²) in [6, 6.07) is 0. The molecule has 13 heavy (non-hydrogen) atoms. The standard InChI is InChI=1S/C9H11BrN2O/c1-12-5-6-8(11)4-3-7(10)9(6)13-2/h3-5,11-12H,1-2H3/b6-5+,11-8?. The average Bonchev–Trinajstić information content (AvgIpc) is 2.12. The molecule has 0 unspecified atom stereocenters. The number of ether oxygens (including phenoxy) is 1. The molecule has 0 amide bonds. The second-order valence-corrected chi connectivity index (χ2v) is 3.33. The van der Waals surface area contributed by atoms with Gasteiger partial charge in [0, 0.05) is 13.2 Å². The maximum absolute atomic E-state index is 7.64. The Balaban J connectivity index is 3.12. The van der Waals surface area contributed by atoms with Gasteiger partial charge in [-0.3, -0.25) is 0 Å². The molecule has 0 spiro atoms. The first-order valence-electron chi connectivity index (χ1n) is 3.79. The van der Waals surface area contributed by atoms with Crippen LogP contribution in [0.5, 0.6) is 0 Å². The van der Waals surface area contributed by atoms with Crippen LogP contribution in [-0.4, -0.2) is 19.9 Å². The average molecular weight is 243 g/mol. The highest BCUT2D eigenvalue weighted by atomic mass is 79.9. The number of hydrogen-bond donors (Lipinski definition) is 2. The summed E-state index contributed by atoms with van der Waals surface area (Å²) in [4.78, 5) is 0. The fourth-order valence-electron chi connectivity index (χ4n) is 1.07. The van der Waals surface area contributed by atoms with E-state index >= 15 is 0 Å². The minimum atomic E-state index is 0.439. The van der Waals surface area contributed by atoms with Crippen molar-refractivity contribution in [3.63, 3.8) is 0 Å². The molecule has 70 valence electrons. The number of rotatable bonds is 2. The predicted molar refractivity (Wildman–Crippen MR) is 57.0 cm³/mol. The van der Waals surface area contributed by atoms with Gasteiger partial charge >= 0.3 is 0 Å². The number of allylic oxidation sites excluding steroid dienone is 4. The zero-order valence-corrected chi connectivity index (χ0v) is 9.10. The van der Waals surface area contributed by atoms with Crippen LogP contribution in [0.2, 0.25) is 0 Å². The van der Waals surface area contributed by atoms with Crippen LogP contribution in [0.3, 0.4) is 0 Å². The van der Waals surface area contributed by atoms with Gasteiger partial charge in [0.15, 0.2) is 0 Å². The van der Waals surface area contributed by atoms with E-state index in [0.29, 0.717) is 11.5 Å². The van der Waals surface area contributed by atoms with Gasteiger partial charge in [-0.25, -0.2) is 0 Å². The molecule has 0 aliphatic heterocycles. The monoisotopic (exact) mass is 242 g/mol. The molecular weight excluding hydrogens is 232 g/mol. The summed E-state index contributed by atoms with van der Waals surface area (Å²) in [5.74, 6) is 0.682. The third kappa shape index (κ3) is 2.01. The van der Waals surface area contributed by atoms with Gasteiger partial charge in [-0.15, -0.1) is 0 Å². The topological polar surface area (TPSA) is 45.1 Å². The summed E-state index contributed by atoms with van der Waals surface area (Å²) in [5, 5.41) is 10.5. The Labute approximate surface area is 85.8 Å². The van der Waals surface area contributed by atoms with Crippen molar-refractivity contribution in [1.29, 1.82) is 5.41 Å². The van der Waals surface area contributed by atoms with Gasteiger partial charge in [-0.05, 0) is 28.1 Å². The van der Waals surface area contributed by atoms with Crippen LogP contribution in [0.1, 0.15) is 0 Å². The summed E-state index contributed by atoms with van der Waals surface area (Å²) in [6.07, 6.45) is 5.26. The number of nitrogens with one attached hydrogen (secondary N) is 2. The van der Waals surface area contributed by atoms with Crippen molar-refractivity contribution < 1.29 is 4.74 Å². The molecular formula is C9H11BrN2O. The van der Waals surface area contributed by atoms with E-state index in [1.165, 1.54) is 0 Å². The minimum absolute atomic E-state index is 0.439. The Bertz CT molecular complexity index is 316. The maximum Gasteiger partial charge on any atom is 0.143 e.